The van der Waals surface area contributed by atoms with Gasteiger partial charge in [0.25, 0.3) is 0 Å². The second-order valence-electron chi connectivity index (χ2n) is 6.72. The van der Waals surface area contributed by atoms with E-state index in [2.05, 4.69) is 16.0 Å². The SMILES string of the molecule is CC(C)C(NC(=O)CN)C(=O)NC(C(=O)NC(CC(=O)O)C(=O)O)C(C)C. The van der Waals surface area contributed by atoms with Crippen molar-refractivity contribution in [3.05, 3.63) is 0 Å². The van der Waals surface area contributed by atoms with Crippen molar-refractivity contribution < 1.29 is 34.2 Å². The van der Waals surface area contributed by atoms with Gasteiger partial charge in [-0.25, -0.2) is 4.79 Å². The van der Waals surface area contributed by atoms with E-state index in [9.17, 15) is 24.0 Å². The van der Waals surface area contributed by atoms with Crippen molar-refractivity contribution in [3.8, 4) is 0 Å². The van der Waals surface area contributed by atoms with Crippen LogP contribution in [0.5, 0.6) is 0 Å². The van der Waals surface area contributed by atoms with Crippen LogP contribution >= 0.6 is 0 Å². The number of carboxylic acids is 2. The van der Waals surface area contributed by atoms with Crippen molar-refractivity contribution in [2.24, 2.45) is 17.6 Å². The maximum Gasteiger partial charge on any atom is 0.326 e. The summed E-state index contributed by atoms with van der Waals surface area (Å²) in [7, 11) is 0. The van der Waals surface area contributed by atoms with Gasteiger partial charge in [-0.3, -0.25) is 19.2 Å². The molecule has 3 atom stereocenters. The van der Waals surface area contributed by atoms with E-state index < -0.39 is 60.1 Å². The molecule has 0 saturated carbocycles. The van der Waals surface area contributed by atoms with E-state index in [1.54, 1.807) is 27.7 Å². The third kappa shape index (κ3) is 8.49. The van der Waals surface area contributed by atoms with Gasteiger partial charge in [0.2, 0.25) is 17.7 Å². The van der Waals surface area contributed by atoms with E-state index in [-0.39, 0.29) is 12.5 Å². The lowest BCUT2D eigenvalue weighted by Gasteiger charge is -2.27. The summed E-state index contributed by atoms with van der Waals surface area (Å²) in [5.41, 5.74) is 5.23. The normalized spacial score (nSPS) is 14.2. The fourth-order valence-electron chi connectivity index (χ4n) is 2.18. The summed E-state index contributed by atoms with van der Waals surface area (Å²) in [6.07, 6.45) is -0.805. The van der Waals surface area contributed by atoms with Crippen molar-refractivity contribution in [1.82, 2.24) is 16.0 Å². The van der Waals surface area contributed by atoms with E-state index >= 15 is 0 Å². The van der Waals surface area contributed by atoms with Crippen LogP contribution in [0.3, 0.4) is 0 Å². The highest BCUT2D eigenvalue weighted by atomic mass is 16.4. The molecule has 0 aliphatic carbocycles. The largest absolute Gasteiger partial charge is 0.481 e. The Balaban J connectivity index is 5.27. The number of aliphatic carboxylic acids is 2. The number of carboxylic acid groups (broad SMARTS) is 2. The first-order valence-electron chi connectivity index (χ1n) is 8.45. The second-order valence-corrected chi connectivity index (χ2v) is 6.72. The molecule has 154 valence electrons. The maximum atomic E-state index is 12.5. The summed E-state index contributed by atoms with van der Waals surface area (Å²) in [6.45, 7) is 6.33. The third-order valence-electron chi connectivity index (χ3n) is 3.69. The van der Waals surface area contributed by atoms with Crippen LogP contribution in [-0.2, 0) is 24.0 Å². The standard InChI is InChI=1S/C16H28N4O7/c1-7(2)12(19-10(21)6-17)15(25)20-13(8(3)4)14(24)18-9(16(26)27)5-11(22)23/h7-9,12-13H,5-6,17H2,1-4H3,(H,18,24)(H,19,21)(H,20,25)(H,22,23)(H,26,27). The molecule has 3 amide bonds. The van der Waals surface area contributed by atoms with Crippen LogP contribution in [0.1, 0.15) is 34.1 Å². The maximum absolute atomic E-state index is 12.5. The zero-order valence-corrected chi connectivity index (χ0v) is 15.8. The molecule has 0 aromatic heterocycles. The summed E-state index contributed by atoms with van der Waals surface area (Å²) >= 11 is 0. The van der Waals surface area contributed by atoms with Crippen molar-refractivity contribution in [1.29, 1.82) is 0 Å². The molecule has 0 bridgehead atoms. The molecular formula is C16H28N4O7. The Morgan fingerprint density at radius 3 is 1.63 bits per heavy atom. The number of nitrogens with one attached hydrogen (secondary N) is 3. The van der Waals surface area contributed by atoms with E-state index in [1.165, 1.54) is 0 Å². The molecule has 0 radical (unpaired) electrons. The highest BCUT2D eigenvalue weighted by Gasteiger charge is 2.32. The first-order valence-corrected chi connectivity index (χ1v) is 8.45. The molecule has 0 aliphatic heterocycles. The molecule has 7 N–H and O–H groups in total. The second kappa shape index (κ2) is 11.1. The molecule has 0 aliphatic rings. The van der Waals surface area contributed by atoms with Gasteiger partial charge in [0.1, 0.15) is 18.1 Å². The van der Waals surface area contributed by atoms with Gasteiger partial charge in [0, 0.05) is 0 Å². The molecule has 0 spiro atoms. The highest BCUT2D eigenvalue weighted by molar-refractivity contribution is 5.94. The van der Waals surface area contributed by atoms with Gasteiger partial charge in [-0.05, 0) is 11.8 Å². The summed E-state index contributed by atoms with van der Waals surface area (Å²) in [6, 6.07) is -3.69. The minimum Gasteiger partial charge on any atom is -0.481 e. The lowest BCUT2D eigenvalue weighted by Crippen LogP contribution is -2.58. The quantitative estimate of drug-likeness (QED) is 0.241. The Morgan fingerprint density at radius 2 is 1.26 bits per heavy atom. The van der Waals surface area contributed by atoms with E-state index in [1.807, 2.05) is 0 Å². The van der Waals surface area contributed by atoms with Crippen LogP contribution in [0.15, 0.2) is 0 Å². The molecular weight excluding hydrogens is 360 g/mol. The van der Waals surface area contributed by atoms with Crippen molar-refractivity contribution in [3.63, 3.8) is 0 Å². The smallest absolute Gasteiger partial charge is 0.326 e. The van der Waals surface area contributed by atoms with Crippen molar-refractivity contribution in [2.45, 2.75) is 52.2 Å². The average molecular weight is 388 g/mol. The van der Waals surface area contributed by atoms with Crippen LogP contribution in [0.25, 0.3) is 0 Å². The number of hydrogen-bond acceptors (Lipinski definition) is 6. The minimum absolute atomic E-state index is 0.296. The van der Waals surface area contributed by atoms with Gasteiger partial charge in [-0.15, -0.1) is 0 Å². The number of nitrogens with two attached hydrogens (primary N) is 1. The Labute approximate surface area is 157 Å². The first kappa shape index (κ1) is 24.3. The van der Waals surface area contributed by atoms with Crippen LogP contribution in [0.4, 0.5) is 0 Å². The zero-order chi connectivity index (χ0) is 21.3. The number of carbonyl (C=O) groups is 5. The van der Waals surface area contributed by atoms with E-state index in [0.717, 1.165) is 0 Å². The third-order valence-corrected chi connectivity index (χ3v) is 3.69. The van der Waals surface area contributed by atoms with Gasteiger partial charge in [-0.1, -0.05) is 27.7 Å². The molecule has 11 heteroatoms. The Bertz CT molecular complexity index is 577. The lowest BCUT2D eigenvalue weighted by molar-refractivity contribution is -0.147. The van der Waals surface area contributed by atoms with Gasteiger partial charge in [0.15, 0.2) is 0 Å². The first-order chi connectivity index (χ1) is 12.4. The summed E-state index contributed by atoms with van der Waals surface area (Å²) < 4.78 is 0. The number of hydrogen-bond donors (Lipinski definition) is 6. The molecule has 0 fully saturated rings. The fraction of sp³-hybridized carbons (Fsp3) is 0.688. The zero-order valence-electron chi connectivity index (χ0n) is 15.8. The van der Waals surface area contributed by atoms with Gasteiger partial charge in [0.05, 0.1) is 13.0 Å². The fourth-order valence-corrected chi connectivity index (χ4v) is 2.18. The van der Waals surface area contributed by atoms with Crippen LogP contribution in [-0.4, -0.2) is 64.5 Å². The summed E-state index contributed by atoms with van der Waals surface area (Å²) in [4.78, 5) is 58.2. The number of carbonyl (C=O) groups excluding carboxylic acids is 3. The van der Waals surface area contributed by atoms with Crippen molar-refractivity contribution >= 4 is 29.7 Å². The molecule has 11 nitrogen and oxygen atoms in total. The molecule has 0 aromatic rings. The molecule has 0 heterocycles. The van der Waals surface area contributed by atoms with Gasteiger partial charge in [-0.2, -0.15) is 0 Å². The van der Waals surface area contributed by atoms with E-state index in [0.29, 0.717) is 0 Å². The average Bonchev–Trinajstić information content (AvgIpc) is 2.54. The Morgan fingerprint density at radius 1 is 0.815 bits per heavy atom. The van der Waals surface area contributed by atoms with Crippen LogP contribution < -0.4 is 21.7 Å². The topological polar surface area (TPSA) is 188 Å². The molecule has 0 saturated heterocycles. The molecule has 0 aromatic carbocycles. The van der Waals surface area contributed by atoms with Crippen LogP contribution in [0, 0.1) is 11.8 Å². The molecule has 27 heavy (non-hydrogen) atoms. The van der Waals surface area contributed by atoms with Gasteiger partial charge < -0.3 is 31.9 Å². The lowest BCUT2D eigenvalue weighted by atomic mass is 9.99. The molecule has 0 rings (SSSR count). The summed E-state index contributed by atoms with van der Waals surface area (Å²) in [5, 5.41) is 24.8. The molecule has 3 unspecified atom stereocenters. The predicted molar refractivity (Wildman–Crippen MR) is 94.4 cm³/mol. The monoisotopic (exact) mass is 388 g/mol. The number of amides is 3. The van der Waals surface area contributed by atoms with Gasteiger partial charge >= 0.3 is 11.9 Å². The van der Waals surface area contributed by atoms with Crippen LogP contribution in [0.2, 0.25) is 0 Å². The van der Waals surface area contributed by atoms with E-state index in [4.69, 9.17) is 15.9 Å². The predicted octanol–water partition coefficient (Wildman–Crippen LogP) is -1.73. The Hall–Kier alpha value is -2.69. The summed E-state index contributed by atoms with van der Waals surface area (Å²) in [5.74, 6) is -5.62. The Kier molecular flexibility index (Phi) is 10.0. The highest BCUT2D eigenvalue weighted by Crippen LogP contribution is 2.07. The number of rotatable bonds is 11. The van der Waals surface area contributed by atoms with Crippen molar-refractivity contribution in [2.75, 3.05) is 6.54 Å². The minimum atomic E-state index is -1.63.